The average Bonchev–Trinajstić information content (AvgIpc) is 2.60. The summed E-state index contributed by atoms with van der Waals surface area (Å²) in [6, 6.07) is 12.0. The molecule has 0 aromatic heterocycles. The zero-order valence-corrected chi connectivity index (χ0v) is 14.4. The molecule has 1 atom stereocenters. The van der Waals surface area contributed by atoms with E-state index in [1.807, 2.05) is 31.2 Å². The van der Waals surface area contributed by atoms with Crippen LogP contribution in [0.25, 0.3) is 0 Å². The van der Waals surface area contributed by atoms with Crippen molar-refractivity contribution in [2.45, 2.75) is 19.9 Å². The Balaban J connectivity index is 1.99. The standard InChI is InChI=1S/C18H21N3O4/c1-12-15(8-6-9-16(12)21(23)24)19-11-18(22)20-13(2)14-7-4-5-10-17(14)25-3/h4-10,13,19H,11H2,1-3H3,(H,20,22). The molecule has 0 fully saturated rings. The molecule has 0 aliphatic heterocycles. The third-order valence-electron chi connectivity index (χ3n) is 3.92. The molecule has 0 aliphatic carbocycles. The number of hydrogen-bond donors (Lipinski definition) is 2. The van der Waals surface area contributed by atoms with Crippen molar-refractivity contribution in [1.82, 2.24) is 5.32 Å². The van der Waals surface area contributed by atoms with E-state index in [2.05, 4.69) is 10.6 Å². The van der Waals surface area contributed by atoms with Gasteiger partial charge in [-0.1, -0.05) is 24.3 Å². The number of carbonyl (C=O) groups excluding carboxylic acids is 1. The topological polar surface area (TPSA) is 93.5 Å². The number of nitro benzene ring substituents is 1. The van der Waals surface area contributed by atoms with Crippen molar-refractivity contribution in [3.63, 3.8) is 0 Å². The lowest BCUT2D eigenvalue weighted by atomic mass is 10.1. The van der Waals surface area contributed by atoms with Crippen molar-refractivity contribution < 1.29 is 14.5 Å². The predicted molar refractivity (Wildman–Crippen MR) is 95.9 cm³/mol. The molecule has 0 spiro atoms. The molecule has 25 heavy (non-hydrogen) atoms. The van der Waals surface area contributed by atoms with Crippen LogP contribution in [0.15, 0.2) is 42.5 Å². The number of ether oxygens (including phenoxy) is 1. The Morgan fingerprint density at radius 2 is 1.96 bits per heavy atom. The number of amides is 1. The SMILES string of the molecule is COc1ccccc1C(C)NC(=O)CNc1cccc([N+](=O)[O-])c1C. The molecule has 0 saturated carbocycles. The molecule has 7 heteroatoms. The van der Waals surface area contributed by atoms with Crippen LogP contribution in [0.4, 0.5) is 11.4 Å². The van der Waals surface area contributed by atoms with Crippen molar-refractivity contribution in [2.75, 3.05) is 19.0 Å². The molecule has 2 N–H and O–H groups in total. The number of methoxy groups -OCH3 is 1. The third kappa shape index (κ3) is 4.47. The second kappa shape index (κ2) is 8.14. The highest BCUT2D eigenvalue weighted by Crippen LogP contribution is 2.25. The maximum absolute atomic E-state index is 12.2. The van der Waals surface area contributed by atoms with Gasteiger partial charge in [-0.3, -0.25) is 14.9 Å². The van der Waals surface area contributed by atoms with Crippen molar-refractivity contribution in [1.29, 1.82) is 0 Å². The van der Waals surface area contributed by atoms with E-state index in [9.17, 15) is 14.9 Å². The molecule has 2 aromatic carbocycles. The summed E-state index contributed by atoms with van der Waals surface area (Å²) < 4.78 is 5.30. The van der Waals surface area contributed by atoms with Gasteiger partial charge in [0.1, 0.15) is 5.75 Å². The number of nitro groups is 1. The zero-order chi connectivity index (χ0) is 18.4. The van der Waals surface area contributed by atoms with E-state index in [1.165, 1.54) is 6.07 Å². The molecule has 0 aliphatic rings. The minimum Gasteiger partial charge on any atom is -0.496 e. The summed E-state index contributed by atoms with van der Waals surface area (Å²) in [6.45, 7) is 3.53. The predicted octanol–water partition coefficient (Wildman–Crippen LogP) is 3.20. The Hall–Kier alpha value is -3.09. The van der Waals surface area contributed by atoms with Gasteiger partial charge in [-0.25, -0.2) is 0 Å². The van der Waals surface area contributed by atoms with Crippen molar-refractivity contribution >= 4 is 17.3 Å². The molecule has 2 aromatic rings. The number of rotatable bonds is 7. The Bertz CT molecular complexity index is 777. The van der Waals surface area contributed by atoms with E-state index in [1.54, 1.807) is 26.2 Å². The molecule has 0 heterocycles. The first-order chi connectivity index (χ1) is 11.9. The summed E-state index contributed by atoms with van der Waals surface area (Å²) in [6.07, 6.45) is 0. The van der Waals surface area contributed by atoms with E-state index >= 15 is 0 Å². The highest BCUT2D eigenvalue weighted by molar-refractivity contribution is 5.81. The van der Waals surface area contributed by atoms with E-state index < -0.39 is 4.92 Å². The van der Waals surface area contributed by atoms with Crippen LogP contribution in [0, 0.1) is 17.0 Å². The first-order valence-corrected chi connectivity index (χ1v) is 7.84. The number of anilines is 1. The number of benzene rings is 2. The Morgan fingerprint density at radius 1 is 1.24 bits per heavy atom. The lowest BCUT2D eigenvalue weighted by Gasteiger charge is -2.18. The summed E-state index contributed by atoms with van der Waals surface area (Å²) in [5, 5.41) is 16.8. The van der Waals surface area contributed by atoms with Crippen LogP contribution in [0.5, 0.6) is 5.75 Å². The molecule has 0 saturated heterocycles. The third-order valence-corrected chi connectivity index (χ3v) is 3.92. The van der Waals surface area contributed by atoms with Gasteiger partial charge >= 0.3 is 0 Å². The van der Waals surface area contributed by atoms with E-state index in [0.717, 1.165) is 5.56 Å². The van der Waals surface area contributed by atoms with Crippen LogP contribution in [0.2, 0.25) is 0 Å². The summed E-state index contributed by atoms with van der Waals surface area (Å²) in [7, 11) is 1.58. The number of carbonyl (C=O) groups is 1. The monoisotopic (exact) mass is 343 g/mol. The number of hydrogen-bond acceptors (Lipinski definition) is 5. The van der Waals surface area contributed by atoms with Crippen molar-refractivity contribution in [2.24, 2.45) is 0 Å². The highest BCUT2D eigenvalue weighted by Gasteiger charge is 2.16. The lowest BCUT2D eigenvalue weighted by Crippen LogP contribution is -2.32. The van der Waals surface area contributed by atoms with Crippen LogP contribution in [-0.2, 0) is 4.79 Å². The van der Waals surface area contributed by atoms with Gasteiger partial charge in [0, 0.05) is 22.9 Å². The van der Waals surface area contributed by atoms with Gasteiger partial charge in [0.25, 0.3) is 5.69 Å². The maximum atomic E-state index is 12.2. The van der Waals surface area contributed by atoms with Crippen LogP contribution in [0.3, 0.4) is 0 Å². The van der Waals surface area contributed by atoms with Gasteiger partial charge < -0.3 is 15.4 Å². The van der Waals surface area contributed by atoms with Crippen LogP contribution >= 0.6 is 0 Å². The fraction of sp³-hybridized carbons (Fsp3) is 0.278. The molecule has 0 bridgehead atoms. The average molecular weight is 343 g/mol. The van der Waals surface area contributed by atoms with E-state index in [4.69, 9.17) is 4.74 Å². The molecule has 1 unspecified atom stereocenters. The van der Waals surface area contributed by atoms with Gasteiger partial charge in [-0.05, 0) is 26.0 Å². The Morgan fingerprint density at radius 3 is 2.64 bits per heavy atom. The molecular formula is C18H21N3O4. The lowest BCUT2D eigenvalue weighted by molar-refractivity contribution is -0.385. The summed E-state index contributed by atoms with van der Waals surface area (Å²) in [4.78, 5) is 22.7. The smallest absolute Gasteiger partial charge is 0.274 e. The van der Waals surface area contributed by atoms with E-state index in [0.29, 0.717) is 17.0 Å². The zero-order valence-electron chi connectivity index (χ0n) is 14.4. The maximum Gasteiger partial charge on any atom is 0.274 e. The second-order valence-corrected chi connectivity index (χ2v) is 5.59. The van der Waals surface area contributed by atoms with Crippen molar-refractivity contribution in [3.8, 4) is 5.75 Å². The summed E-state index contributed by atoms with van der Waals surface area (Å²) in [5.41, 5.74) is 1.96. The molecular weight excluding hydrogens is 322 g/mol. The van der Waals surface area contributed by atoms with Crippen LogP contribution in [0.1, 0.15) is 24.1 Å². The van der Waals surface area contributed by atoms with Crippen LogP contribution in [-0.4, -0.2) is 24.5 Å². The van der Waals surface area contributed by atoms with Gasteiger partial charge in [0.05, 0.1) is 24.6 Å². The second-order valence-electron chi connectivity index (χ2n) is 5.59. The van der Waals surface area contributed by atoms with Crippen LogP contribution < -0.4 is 15.4 Å². The minimum absolute atomic E-state index is 0.0154. The first-order valence-electron chi connectivity index (χ1n) is 7.84. The molecule has 132 valence electrons. The Kier molecular flexibility index (Phi) is 5.94. The molecule has 2 rings (SSSR count). The largest absolute Gasteiger partial charge is 0.496 e. The first kappa shape index (κ1) is 18.3. The minimum atomic E-state index is -0.440. The van der Waals surface area contributed by atoms with E-state index in [-0.39, 0.29) is 24.2 Å². The van der Waals surface area contributed by atoms with Gasteiger partial charge in [-0.15, -0.1) is 0 Å². The quantitative estimate of drug-likeness (QED) is 0.595. The summed E-state index contributed by atoms with van der Waals surface area (Å²) in [5.74, 6) is 0.488. The van der Waals surface area contributed by atoms with Crippen molar-refractivity contribution in [3.05, 3.63) is 63.7 Å². The fourth-order valence-electron chi connectivity index (χ4n) is 2.58. The normalized spacial score (nSPS) is 11.5. The number of nitrogens with zero attached hydrogens (tertiary/aromatic N) is 1. The van der Waals surface area contributed by atoms with Gasteiger partial charge in [0.15, 0.2) is 0 Å². The highest BCUT2D eigenvalue weighted by atomic mass is 16.6. The molecule has 0 radical (unpaired) electrons. The molecule has 1 amide bonds. The fourth-order valence-corrected chi connectivity index (χ4v) is 2.58. The molecule has 7 nitrogen and oxygen atoms in total. The Labute approximate surface area is 146 Å². The van der Waals surface area contributed by atoms with Gasteiger partial charge in [0.2, 0.25) is 5.91 Å². The van der Waals surface area contributed by atoms with Gasteiger partial charge in [-0.2, -0.15) is 0 Å². The summed E-state index contributed by atoms with van der Waals surface area (Å²) >= 11 is 0. The number of nitrogens with one attached hydrogen (secondary N) is 2. The number of para-hydroxylation sites is 1.